The van der Waals surface area contributed by atoms with Gasteiger partial charge >= 0.3 is 0 Å². The molecule has 2 aromatic heterocycles. The van der Waals surface area contributed by atoms with Gasteiger partial charge in [0.2, 0.25) is 5.95 Å². The molecule has 7 nitrogen and oxygen atoms in total. The monoisotopic (exact) mass is 237 g/mol. The molecule has 0 radical (unpaired) electrons. The summed E-state index contributed by atoms with van der Waals surface area (Å²) in [6.45, 7) is 3.35. The van der Waals surface area contributed by atoms with Crippen LogP contribution in [0.1, 0.15) is 19.2 Å². The van der Waals surface area contributed by atoms with E-state index >= 15 is 0 Å². The van der Waals surface area contributed by atoms with Crippen LogP contribution in [0.15, 0.2) is 4.79 Å². The summed E-state index contributed by atoms with van der Waals surface area (Å²) in [6, 6.07) is 0. The maximum atomic E-state index is 11.5. The van der Waals surface area contributed by atoms with E-state index in [4.69, 9.17) is 10.5 Å². The highest BCUT2D eigenvalue weighted by molar-refractivity contribution is 5.70. The quantitative estimate of drug-likeness (QED) is 0.643. The molecule has 0 amide bonds. The van der Waals surface area contributed by atoms with Crippen molar-refractivity contribution in [1.82, 2.24) is 19.9 Å². The lowest BCUT2D eigenvalue weighted by molar-refractivity contribution is 0.137. The van der Waals surface area contributed by atoms with Gasteiger partial charge in [-0.25, -0.2) is 4.98 Å². The molecule has 0 aliphatic heterocycles. The molecular weight excluding hydrogens is 222 g/mol. The number of imidazole rings is 1. The van der Waals surface area contributed by atoms with E-state index in [0.29, 0.717) is 30.0 Å². The minimum absolute atomic E-state index is 0.0720. The number of fused-ring (bicyclic) bond motifs is 1. The molecule has 0 atom stereocenters. The van der Waals surface area contributed by atoms with E-state index < -0.39 is 0 Å². The Morgan fingerprint density at radius 3 is 2.88 bits per heavy atom. The lowest BCUT2D eigenvalue weighted by Crippen LogP contribution is -2.10. The highest BCUT2D eigenvalue weighted by atomic mass is 16.5. The maximum Gasteiger partial charge on any atom is 0.278 e. The van der Waals surface area contributed by atoms with E-state index in [9.17, 15) is 4.79 Å². The zero-order chi connectivity index (χ0) is 12.3. The predicted molar refractivity (Wildman–Crippen MR) is 63.7 cm³/mol. The molecule has 0 aliphatic carbocycles. The number of ether oxygens (including phenoxy) is 1. The lowest BCUT2D eigenvalue weighted by atomic mass is 10.4. The number of aromatic amines is 2. The molecule has 0 bridgehead atoms. The summed E-state index contributed by atoms with van der Waals surface area (Å²) in [7, 11) is 0. The Kier molecular flexibility index (Phi) is 3.38. The molecule has 4 N–H and O–H groups in total. The van der Waals surface area contributed by atoms with Crippen molar-refractivity contribution in [3.05, 3.63) is 16.2 Å². The van der Waals surface area contributed by atoms with Crippen LogP contribution >= 0.6 is 0 Å². The number of anilines is 1. The van der Waals surface area contributed by atoms with Gasteiger partial charge in [-0.1, -0.05) is 6.92 Å². The van der Waals surface area contributed by atoms with Gasteiger partial charge in [0, 0.05) is 13.0 Å². The molecule has 2 aromatic rings. The van der Waals surface area contributed by atoms with Crippen LogP contribution in [0.3, 0.4) is 0 Å². The first kappa shape index (κ1) is 11.6. The summed E-state index contributed by atoms with van der Waals surface area (Å²) < 4.78 is 5.35. The number of nitrogens with zero attached hydrogens (tertiary/aromatic N) is 2. The Morgan fingerprint density at radius 2 is 2.12 bits per heavy atom. The number of nitrogen functional groups attached to an aromatic ring is 1. The third-order valence-corrected chi connectivity index (χ3v) is 2.26. The van der Waals surface area contributed by atoms with Gasteiger partial charge in [0.1, 0.15) is 5.82 Å². The van der Waals surface area contributed by atoms with Gasteiger partial charge in [-0.05, 0) is 6.42 Å². The fraction of sp³-hybridized carbons (Fsp3) is 0.500. The summed E-state index contributed by atoms with van der Waals surface area (Å²) in [4.78, 5) is 25.0. The molecule has 7 heteroatoms. The summed E-state index contributed by atoms with van der Waals surface area (Å²) in [6.07, 6.45) is 1.60. The fourth-order valence-electron chi connectivity index (χ4n) is 1.51. The van der Waals surface area contributed by atoms with Crippen LogP contribution in [-0.4, -0.2) is 33.1 Å². The third kappa shape index (κ3) is 2.62. The predicted octanol–water partition coefficient (Wildman–Crippen LogP) is 0.197. The minimum Gasteiger partial charge on any atom is -0.381 e. The molecule has 0 saturated carbocycles. The molecule has 92 valence electrons. The number of hydrogen-bond donors (Lipinski definition) is 3. The van der Waals surface area contributed by atoms with Gasteiger partial charge in [-0.2, -0.15) is 4.98 Å². The maximum absolute atomic E-state index is 11.5. The number of nitrogens with two attached hydrogens (primary N) is 1. The van der Waals surface area contributed by atoms with Crippen molar-refractivity contribution in [1.29, 1.82) is 0 Å². The van der Waals surface area contributed by atoms with Crippen LogP contribution in [0.2, 0.25) is 0 Å². The molecule has 0 spiro atoms. The number of rotatable bonds is 5. The van der Waals surface area contributed by atoms with Crippen LogP contribution < -0.4 is 11.3 Å². The first-order valence-corrected chi connectivity index (χ1v) is 5.53. The smallest absolute Gasteiger partial charge is 0.278 e. The van der Waals surface area contributed by atoms with Crippen molar-refractivity contribution in [2.24, 2.45) is 0 Å². The van der Waals surface area contributed by atoms with Crippen molar-refractivity contribution in [3.63, 3.8) is 0 Å². The van der Waals surface area contributed by atoms with Gasteiger partial charge in [0.25, 0.3) is 5.56 Å². The molecule has 0 saturated heterocycles. The summed E-state index contributed by atoms with van der Waals surface area (Å²) in [5.41, 5.74) is 5.82. The topological polar surface area (TPSA) is 110 Å². The van der Waals surface area contributed by atoms with E-state index in [1.807, 2.05) is 6.92 Å². The van der Waals surface area contributed by atoms with Gasteiger partial charge in [0.05, 0.1) is 6.61 Å². The number of hydrogen-bond acceptors (Lipinski definition) is 5. The minimum atomic E-state index is -0.305. The molecule has 2 rings (SSSR count). The van der Waals surface area contributed by atoms with E-state index in [0.717, 1.165) is 13.0 Å². The van der Waals surface area contributed by atoms with Crippen molar-refractivity contribution >= 4 is 17.1 Å². The molecule has 0 aromatic carbocycles. The molecule has 0 aliphatic rings. The van der Waals surface area contributed by atoms with E-state index in [1.54, 1.807) is 0 Å². The Balaban J connectivity index is 2.15. The first-order chi connectivity index (χ1) is 8.20. The zero-order valence-electron chi connectivity index (χ0n) is 9.62. The molecular formula is C10H15N5O2. The van der Waals surface area contributed by atoms with Crippen LogP contribution in [0, 0.1) is 0 Å². The third-order valence-electron chi connectivity index (χ3n) is 2.26. The Hall–Kier alpha value is -1.89. The highest BCUT2D eigenvalue weighted by Gasteiger charge is 2.08. The van der Waals surface area contributed by atoms with Crippen LogP contribution in [0.5, 0.6) is 0 Å². The van der Waals surface area contributed by atoms with Gasteiger partial charge in [-0.15, -0.1) is 0 Å². The lowest BCUT2D eigenvalue weighted by Gasteiger charge is -1.98. The Labute approximate surface area is 97.4 Å². The SMILES string of the molecule is CCCOCCc1nc2nc(N)[nH]c(=O)c2[nH]1. The normalized spacial score (nSPS) is 11.1. The van der Waals surface area contributed by atoms with Gasteiger partial charge in [0.15, 0.2) is 11.2 Å². The Bertz CT molecular complexity index is 559. The van der Waals surface area contributed by atoms with E-state index in [1.165, 1.54) is 0 Å². The second-order valence-electron chi connectivity index (χ2n) is 3.70. The number of nitrogens with one attached hydrogen (secondary N) is 2. The largest absolute Gasteiger partial charge is 0.381 e. The first-order valence-electron chi connectivity index (χ1n) is 5.53. The standard InChI is InChI=1S/C10H15N5O2/c1-2-4-17-5-3-6-12-7-8(13-6)14-10(11)15-9(7)16/h2-5H2,1H3,(H4,11,12,13,14,15,16). The van der Waals surface area contributed by atoms with Crippen molar-refractivity contribution < 1.29 is 4.74 Å². The second-order valence-corrected chi connectivity index (χ2v) is 3.70. The van der Waals surface area contributed by atoms with Crippen LogP contribution in [0.25, 0.3) is 11.2 Å². The Morgan fingerprint density at radius 1 is 1.29 bits per heavy atom. The fourth-order valence-corrected chi connectivity index (χ4v) is 1.51. The van der Waals surface area contributed by atoms with Crippen molar-refractivity contribution in [2.45, 2.75) is 19.8 Å². The van der Waals surface area contributed by atoms with Crippen LogP contribution in [0.4, 0.5) is 5.95 Å². The molecule has 17 heavy (non-hydrogen) atoms. The average molecular weight is 237 g/mol. The second kappa shape index (κ2) is 4.96. The van der Waals surface area contributed by atoms with Crippen molar-refractivity contribution in [3.8, 4) is 0 Å². The highest BCUT2D eigenvalue weighted by Crippen LogP contribution is 2.05. The summed E-state index contributed by atoms with van der Waals surface area (Å²) in [5, 5.41) is 0. The van der Waals surface area contributed by atoms with Gasteiger partial charge in [-0.3, -0.25) is 9.78 Å². The number of aromatic nitrogens is 4. The van der Waals surface area contributed by atoms with E-state index in [2.05, 4.69) is 19.9 Å². The average Bonchev–Trinajstić information content (AvgIpc) is 2.67. The number of H-pyrrole nitrogens is 2. The zero-order valence-corrected chi connectivity index (χ0v) is 9.62. The summed E-state index contributed by atoms with van der Waals surface area (Å²) >= 11 is 0. The van der Waals surface area contributed by atoms with E-state index in [-0.39, 0.29) is 11.5 Å². The van der Waals surface area contributed by atoms with Crippen molar-refractivity contribution in [2.75, 3.05) is 18.9 Å². The van der Waals surface area contributed by atoms with Gasteiger partial charge < -0.3 is 15.5 Å². The molecule has 2 heterocycles. The molecule has 0 unspecified atom stereocenters. The molecule has 0 fully saturated rings. The van der Waals surface area contributed by atoms with Crippen LogP contribution in [-0.2, 0) is 11.2 Å². The summed E-state index contributed by atoms with van der Waals surface area (Å²) in [5.74, 6) is 0.752.